The molecule has 0 radical (unpaired) electrons. The molecule has 0 aromatic heterocycles. The zero-order chi connectivity index (χ0) is 7.40. The Morgan fingerprint density at radius 3 is 3.00 bits per heavy atom. The topological polar surface area (TPSA) is 49.8 Å². The van der Waals surface area contributed by atoms with Crippen molar-refractivity contribution in [1.29, 1.82) is 0 Å². The average molecular weight is 145 g/mol. The third-order valence-electron chi connectivity index (χ3n) is 1.36. The van der Waals surface area contributed by atoms with Gasteiger partial charge in [-0.2, -0.15) is 0 Å². The van der Waals surface area contributed by atoms with Crippen LogP contribution in [0, 0.1) is 0 Å². The molecular weight excluding hydrogens is 134 g/mol. The van der Waals surface area contributed by atoms with E-state index in [0.29, 0.717) is 26.0 Å². The Bertz CT molecular complexity index is 126. The van der Waals surface area contributed by atoms with Crippen LogP contribution in [0.25, 0.3) is 0 Å². The van der Waals surface area contributed by atoms with E-state index in [-0.39, 0.29) is 12.5 Å². The van der Waals surface area contributed by atoms with E-state index in [2.05, 4.69) is 0 Å². The number of rotatable bonds is 3. The first-order valence-electron chi connectivity index (χ1n) is 3.38. The summed E-state index contributed by atoms with van der Waals surface area (Å²) in [6.45, 7) is 1.10. The predicted octanol–water partition coefficient (Wildman–Crippen LogP) is -0.467. The summed E-state index contributed by atoms with van der Waals surface area (Å²) >= 11 is 0. The minimum Gasteiger partial charge on any atom is -0.396 e. The molecule has 1 heterocycles. The summed E-state index contributed by atoms with van der Waals surface area (Å²) in [5.74, 6) is 0.0217. The number of hydrogen-bond acceptors (Lipinski definition) is 3. The van der Waals surface area contributed by atoms with Gasteiger partial charge in [0.05, 0.1) is 19.6 Å². The summed E-state index contributed by atoms with van der Waals surface area (Å²) in [6, 6.07) is 0. The second-order valence-corrected chi connectivity index (χ2v) is 2.16. The van der Waals surface area contributed by atoms with E-state index in [1.165, 1.54) is 5.06 Å². The van der Waals surface area contributed by atoms with Crippen molar-refractivity contribution in [3.63, 3.8) is 0 Å². The lowest BCUT2D eigenvalue weighted by Crippen LogP contribution is -2.24. The van der Waals surface area contributed by atoms with E-state index in [9.17, 15) is 4.79 Å². The Hall–Kier alpha value is -0.610. The van der Waals surface area contributed by atoms with Gasteiger partial charge in [0.2, 0.25) is 5.91 Å². The van der Waals surface area contributed by atoms with E-state index in [4.69, 9.17) is 9.94 Å². The molecule has 4 heteroatoms. The van der Waals surface area contributed by atoms with Crippen LogP contribution >= 0.6 is 0 Å². The number of carbonyl (C=O) groups is 1. The minimum atomic E-state index is 0.0217. The molecule has 10 heavy (non-hydrogen) atoms. The maximum atomic E-state index is 10.8. The molecule has 1 amide bonds. The van der Waals surface area contributed by atoms with Crippen LogP contribution in [-0.4, -0.2) is 35.8 Å². The first-order chi connectivity index (χ1) is 4.84. The highest BCUT2D eigenvalue weighted by molar-refractivity contribution is 5.76. The fourth-order valence-corrected chi connectivity index (χ4v) is 0.843. The number of carbonyl (C=O) groups excluding carboxylic acids is 1. The van der Waals surface area contributed by atoms with Crippen molar-refractivity contribution in [2.45, 2.75) is 12.8 Å². The molecule has 0 saturated carbocycles. The van der Waals surface area contributed by atoms with Gasteiger partial charge in [-0.3, -0.25) is 9.63 Å². The fourth-order valence-electron chi connectivity index (χ4n) is 0.843. The largest absolute Gasteiger partial charge is 0.396 e. The van der Waals surface area contributed by atoms with Gasteiger partial charge >= 0.3 is 0 Å². The van der Waals surface area contributed by atoms with Crippen LogP contribution in [0.3, 0.4) is 0 Å². The van der Waals surface area contributed by atoms with E-state index >= 15 is 0 Å². The van der Waals surface area contributed by atoms with E-state index in [0.717, 1.165) is 0 Å². The number of aliphatic hydroxyl groups excluding tert-OH is 1. The summed E-state index contributed by atoms with van der Waals surface area (Å²) in [6.07, 6.45) is 1.07. The van der Waals surface area contributed by atoms with Crippen molar-refractivity contribution < 1.29 is 14.7 Å². The Balaban J connectivity index is 2.20. The zero-order valence-electron chi connectivity index (χ0n) is 5.75. The van der Waals surface area contributed by atoms with Crippen molar-refractivity contribution in [3.8, 4) is 0 Å². The Morgan fingerprint density at radius 2 is 2.50 bits per heavy atom. The summed E-state index contributed by atoms with van der Waals surface area (Å²) in [4.78, 5) is 15.7. The van der Waals surface area contributed by atoms with Crippen molar-refractivity contribution in [3.05, 3.63) is 0 Å². The zero-order valence-corrected chi connectivity index (χ0v) is 5.75. The first-order valence-corrected chi connectivity index (χ1v) is 3.38. The molecule has 1 rings (SSSR count). The third kappa shape index (κ3) is 1.68. The highest BCUT2D eigenvalue weighted by atomic mass is 16.7. The molecule has 0 aromatic carbocycles. The smallest absolute Gasteiger partial charge is 0.248 e. The molecule has 0 atom stereocenters. The van der Waals surface area contributed by atoms with Gasteiger partial charge in [-0.1, -0.05) is 0 Å². The molecule has 4 nitrogen and oxygen atoms in total. The highest BCUT2D eigenvalue weighted by Crippen LogP contribution is 2.05. The molecule has 1 aliphatic heterocycles. The summed E-state index contributed by atoms with van der Waals surface area (Å²) in [7, 11) is 0. The SMILES string of the molecule is O=C1CCON1CCCO. The lowest BCUT2D eigenvalue weighted by atomic mass is 10.4. The monoisotopic (exact) mass is 145 g/mol. The summed E-state index contributed by atoms with van der Waals surface area (Å²) < 4.78 is 0. The Labute approximate surface area is 59.3 Å². The predicted molar refractivity (Wildman–Crippen MR) is 34.0 cm³/mol. The number of hydroxylamine groups is 2. The van der Waals surface area contributed by atoms with Crippen LogP contribution in [0.5, 0.6) is 0 Å². The van der Waals surface area contributed by atoms with Crippen LogP contribution in [0.4, 0.5) is 0 Å². The van der Waals surface area contributed by atoms with Crippen molar-refractivity contribution in [2.24, 2.45) is 0 Å². The third-order valence-corrected chi connectivity index (χ3v) is 1.36. The van der Waals surface area contributed by atoms with Crippen molar-refractivity contribution >= 4 is 5.91 Å². The first kappa shape index (κ1) is 7.50. The lowest BCUT2D eigenvalue weighted by Gasteiger charge is -2.11. The van der Waals surface area contributed by atoms with Gasteiger partial charge in [0, 0.05) is 6.61 Å². The van der Waals surface area contributed by atoms with E-state index in [1.807, 2.05) is 0 Å². The molecule has 0 unspecified atom stereocenters. The normalized spacial score (nSPS) is 18.5. The van der Waals surface area contributed by atoms with Gasteiger partial charge in [0.15, 0.2) is 0 Å². The molecule has 1 N–H and O–H groups in total. The molecular formula is C6H11NO3. The molecule has 1 saturated heterocycles. The fraction of sp³-hybridized carbons (Fsp3) is 0.833. The second-order valence-electron chi connectivity index (χ2n) is 2.16. The molecule has 1 aliphatic rings. The van der Waals surface area contributed by atoms with Gasteiger partial charge < -0.3 is 5.11 Å². The van der Waals surface area contributed by atoms with Gasteiger partial charge in [-0.15, -0.1) is 0 Å². The molecule has 0 bridgehead atoms. The molecule has 1 fully saturated rings. The van der Waals surface area contributed by atoms with Gasteiger partial charge in [0.1, 0.15) is 0 Å². The van der Waals surface area contributed by atoms with Crippen LogP contribution in [0.1, 0.15) is 12.8 Å². The van der Waals surface area contributed by atoms with Crippen LogP contribution in [0.2, 0.25) is 0 Å². The molecule has 0 aromatic rings. The summed E-state index contributed by atoms with van der Waals surface area (Å²) in [5.41, 5.74) is 0. The van der Waals surface area contributed by atoms with Crippen LogP contribution in [-0.2, 0) is 9.63 Å². The standard InChI is InChI=1S/C6H11NO3/c8-4-1-3-7-6(9)2-5-10-7/h8H,1-5H2. The van der Waals surface area contributed by atoms with Gasteiger partial charge in [-0.25, -0.2) is 5.06 Å². The van der Waals surface area contributed by atoms with Gasteiger partial charge in [-0.05, 0) is 6.42 Å². The highest BCUT2D eigenvalue weighted by Gasteiger charge is 2.20. The quantitative estimate of drug-likeness (QED) is 0.584. The maximum absolute atomic E-state index is 10.8. The van der Waals surface area contributed by atoms with E-state index in [1.54, 1.807) is 0 Å². The molecule has 0 spiro atoms. The van der Waals surface area contributed by atoms with E-state index < -0.39 is 0 Å². The number of nitrogens with zero attached hydrogens (tertiary/aromatic N) is 1. The van der Waals surface area contributed by atoms with Gasteiger partial charge in [0.25, 0.3) is 0 Å². The second kappa shape index (κ2) is 3.53. The molecule has 58 valence electrons. The maximum Gasteiger partial charge on any atom is 0.248 e. The van der Waals surface area contributed by atoms with Crippen molar-refractivity contribution in [2.75, 3.05) is 19.8 Å². The molecule has 0 aliphatic carbocycles. The lowest BCUT2D eigenvalue weighted by molar-refractivity contribution is -0.162. The Kier molecular flexibility index (Phi) is 2.65. The number of aliphatic hydroxyl groups is 1. The average Bonchev–Trinajstić information content (AvgIpc) is 2.31. The minimum absolute atomic E-state index is 0.0217. The number of hydrogen-bond donors (Lipinski definition) is 1. The number of amides is 1. The summed E-state index contributed by atoms with van der Waals surface area (Å²) in [5, 5.41) is 9.74. The Morgan fingerprint density at radius 1 is 1.70 bits per heavy atom. The van der Waals surface area contributed by atoms with Crippen LogP contribution in [0.15, 0.2) is 0 Å². The van der Waals surface area contributed by atoms with Crippen molar-refractivity contribution in [1.82, 2.24) is 5.06 Å². The van der Waals surface area contributed by atoms with Crippen LogP contribution < -0.4 is 0 Å².